The number of carbonyl (C=O) groups is 1. The predicted molar refractivity (Wildman–Crippen MR) is 80.0 cm³/mol. The third kappa shape index (κ3) is 3.89. The van der Waals surface area contributed by atoms with Crippen LogP contribution in [-0.4, -0.2) is 25.2 Å². The first-order valence-corrected chi connectivity index (χ1v) is 6.42. The van der Waals surface area contributed by atoms with Crippen molar-refractivity contribution in [2.45, 2.75) is 6.42 Å². The van der Waals surface area contributed by atoms with Crippen LogP contribution in [-0.2, 0) is 11.2 Å². The van der Waals surface area contributed by atoms with E-state index in [1.807, 2.05) is 0 Å². The topological polar surface area (TPSA) is 67.8 Å². The molecule has 0 aromatic heterocycles. The SMILES string of the molecule is COc1ccc(OC)c(NC(=O)Cc2cccc(O)c2)c1. The molecule has 0 spiro atoms. The Balaban J connectivity index is 2.12. The second kappa shape index (κ2) is 6.65. The largest absolute Gasteiger partial charge is 0.508 e. The van der Waals surface area contributed by atoms with Gasteiger partial charge >= 0.3 is 0 Å². The lowest BCUT2D eigenvalue weighted by atomic mass is 10.1. The number of amides is 1. The molecule has 1 amide bonds. The molecule has 0 aliphatic heterocycles. The molecule has 2 aromatic rings. The van der Waals surface area contributed by atoms with Crippen molar-refractivity contribution in [2.75, 3.05) is 19.5 Å². The average Bonchev–Trinajstić information content (AvgIpc) is 2.47. The first kappa shape index (κ1) is 14.7. The highest BCUT2D eigenvalue weighted by Gasteiger charge is 2.10. The fourth-order valence-corrected chi connectivity index (χ4v) is 1.96. The first-order chi connectivity index (χ1) is 10.1. The maximum absolute atomic E-state index is 12.1. The molecule has 0 saturated heterocycles. The summed E-state index contributed by atoms with van der Waals surface area (Å²) in [4.78, 5) is 12.1. The van der Waals surface area contributed by atoms with Crippen LogP contribution in [0.2, 0.25) is 0 Å². The molecule has 2 aromatic carbocycles. The Morgan fingerprint density at radius 2 is 1.95 bits per heavy atom. The zero-order valence-corrected chi connectivity index (χ0v) is 11.9. The van der Waals surface area contributed by atoms with Gasteiger partial charge in [-0.25, -0.2) is 0 Å². The fraction of sp³-hybridized carbons (Fsp3) is 0.188. The zero-order valence-electron chi connectivity index (χ0n) is 11.9. The van der Waals surface area contributed by atoms with Crippen molar-refractivity contribution >= 4 is 11.6 Å². The van der Waals surface area contributed by atoms with E-state index in [1.165, 1.54) is 7.11 Å². The molecule has 2 N–H and O–H groups in total. The number of phenols is 1. The van der Waals surface area contributed by atoms with Crippen LogP contribution < -0.4 is 14.8 Å². The smallest absolute Gasteiger partial charge is 0.228 e. The van der Waals surface area contributed by atoms with Crippen LogP contribution >= 0.6 is 0 Å². The molecule has 0 radical (unpaired) electrons. The lowest BCUT2D eigenvalue weighted by molar-refractivity contribution is -0.115. The summed E-state index contributed by atoms with van der Waals surface area (Å²) >= 11 is 0. The number of anilines is 1. The van der Waals surface area contributed by atoms with Crippen molar-refractivity contribution in [3.8, 4) is 17.2 Å². The van der Waals surface area contributed by atoms with Crippen LogP contribution in [0.25, 0.3) is 0 Å². The number of benzene rings is 2. The molecule has 2 rings (SSSR count). The van der Waals surface area contributed by atoms with Gasteiger partial charge in [-0.2, -0.15) is 0 Å². The summed E-state index contributed by atoms with van der Waals surface area (Å²) in [6.07, 6.45) is 0.161. The Hall–Kier alpha value is -2.69. The Kier molecular flexibility index (Phi) is 4.66. The van der Waals surface area contributed by atoms with Gasteiger partial charge in [-0.1, -0.05) is 12.1 Å². The highest BCUT2D eigenvalue weighted by molar-refractivity contribution is 5.94. The molecule has 5 nitrogen and oxygen atoms in total. The normalized spacial score (nSPS) is 10.0. The van der Waals surface area contributed by atoms with E-state index in [0.717, 1.165) is 5.56 Å². The number of hydrogen-bond acceptors (Lipinski definition) is 4. The number of phenolic OH excluding ortho intramolecular Hbond substituents is 1. The molecule has 110 valence electrons. The maximum Gasteiger partial charge on any atom is 0.228 e. The van der Waals surface area contributed by atoms with Gasteiger partial charge in [-0.3, -0.25) is 4.79 Å². The Morgan fingerprint density at radius 3 is 2.62 bits per heavy atom. The molecule has 0 saturated carbocycles. The molecule has 0 atom stereocenters. The Morgan fingerprint density at radius 1 is 1.14 bits per heavy atom. The minimum absolute atomic E-state index is 0.138. The predicted octanol–water partition coefficient (Wildman–Crippen LogP) is 2.59. The van der Waals surface area contributed by atoms with Gasteiger partial charge in [-0.15, -0.1) is 0 Å². The van der Waals surface area contributed by atoms with E-state index in [-0.39, 0.29) is 18.1 Å². The highest BCUT2D eigenvalue weighted by atomic mass is 16.5. The van der Waals surface area contributed by atoms with E-state index >= 15 is 0 Å². The minimum Gasteiger partial charge on any atom is -0.508 e. The van der Waals surface area contributed by atoms with Gasteiger partial charge in [-0.05, 0) is 29.8 Å². The summed E-state index contributed by atoms with van der Waals surface area (Å²) in [6.45, 7) is 0. The zero-order chi connectivity index (χ0) is 15.2. The molecule has 0 fully saturated rings. The summed E-state index contributed by atoms with van der Waals surface area (Å²) < 4.78 is 10.3. The second-order valence-electron chi connectivity index (χ2n) is 4.46. The second-order valence-corrected chi connectivity index (χ2v) is 4.46. The maximum atomic E-state index is 12.1. The van der Waals surface area contributed by atoms with E-state index in [1.54, 1.807) is 49.6 Å². The minimum atomic E-state index is -0.202. The van der Waals surface area contributed by atoms with Crippen molar-refractivity contribution < 1.29 is 19.4 Å². The number of aromatic hydroxyl groups is 1. The summed E-state index contributed by atoms with van der Waals surface area (Å²) in [5, 5.41) is 12.2. The Labute approximate surface area is 123 Å². The van der Waals surface area contributed by atoms with Crippen LogP contribution in [0.15, 0.2) is 42.5 Å². The average molecular weight is 287 g/mol. The van der Waals surface area contributed by atoms with E-state index in [0.29, 0.717) is 17.2 Å². The van der Waals surface area contributed by atoms with Crippen LogP contribution in [0.4, 0.5) is 5.69 Å². The molecular formula is C16H17NO4. The molecule has 0 aliphatic carbocycles. The third-order valence-electron chi connectivity index (χ3n) is 2.96. The van der Waals surface area contributed by atoms with Gasteiger partial charge in [0.15, 0.2) is 0 Å². The van der Waals surface area contributed by atoms with Crippen molar-refractivity contribution in [1.29, 1.82) is 0 Å². The standard InChI is InChI=1S/C16H17NO4/c1-20-13-6-7-15(21-2)14(10-13)17-16(19)9-11-4-3-5-12(18)8-11/h3-8,10,18H,9H2,1-2H3,(H,17,19). The summed E-state index contributed by atoms with van der Waals surface area (Å²) in [7, 11) is 3.09. The Bertz CT molecular complexity index is 640. The molecule has 0 heterocycles. The van der Waals surface area contributed by atoms with Crippen LogP contribution in [0.3, 0.4) is 0 Å². The number of methoxy groups -OCH3 is 2. The van der Waals surface area contributed by atoms with Crippen molar-refractivity contribution in [3.05, 3.63) is 48.0 Å². The van der Waals surface area contributed by atoms with Gasteiger partial charge in [0.25, 0.3) is 0 Å². The lowest BCUT2D eigenvalue weighted by Gasteiger charge is -2.11. The van der Waals surface area contributed by atoms with Gasteiger partial charge in [0, 0.05) is 6.07 Å². The quantitative estimate of drug-likeness (QED) is 0.887. The van der Waals surface area contributed by atoms with E-state index < -0.39 is 0 Å². The number of hydrogen-bond donors (Lipinski definition) is 2. The fourth-order valence-electron chi connectivity index (χ4n) is 1.96. The number of carbonyl (C=O) groups excluding carboxylic acids is 1. The van der Waals surface area contributed by atoms with Crippen molar-refractivity contribution in [3.63, 3.8) is 0 Å². The summed E-state index contributed by atoms with van der Waals surface area (Å²) in [5.41, 5.74) is 1.27. The summed E-state index contributed by atoms with van der Waals surface area (Å²) in [5.74, 6) is 1.12. The monoisotopic (exact) mass is 287 g/mol. The van der Waals surface area contributed by atoms with Gasteiger partial charge in [0.2, 0.25) is 5.91 Å². The molecule has 0 unspecified atom stereocenters. The molecule has 5 heteroatoms. The highest BCUT2D eigenvalue weighted by Crippen LogP contribution is 2.29. The van der Waals surface area contributed by atoms with E-state index in [2.05, 4.69) is 5.32 Å². The van der Waals surface area contributed by atoms with Gasteiger partial charge < -0.3 is 19.9 Å². The van der Waals surface area contributed by atoms with Crippen molar-refractivity contribution in [2.24, 2.45) is 0 Å². The lowest BCUT2D eigenvalue weighted by Crippen LogP contribution is -2.15. The van der Waals surface area contributed by atoms with Gasteiger partial charge in [0.05, 0.1) is 26.3 Å². The van der Waals surface area contributed by atoms with E-state index in [9.17, 15) is 9.90 Å². The van der Waals surface area contributed by atoms with Crippen LogP contribution in [0, 0.1) is 0 Å². The third-order valence-corrected chi connectivity index (χ3v) is 2.96. The molecule has 21 heavy (non-hydrogen) atoms. The van der Waals surface area contributed by atoms with Crippen LogP contribution in [0.1, 0.15) is 5.56 Å². The van der Waals surface area contributed by atoms with Crippen LogP contribution in [0.5, 0.6) is 17.2 Å². The van der Waals surface area contributed by atoms with E-state index in [4.69, 9.17) is 9.47 Å². The number of nitrogens with one attached hydrogen (secondary N) is 1. The first-order valence-electron chi connectivity index (χ1n) is 6.42. The van der Waals surface area contributed by atoms with Gasteiger partial charge in [0.1, 0.15) is 17.2 Å². The molecular weight excluding hydrogens is 270 g/mol. The summed E-state index contributed by atoms with van der Waals surface area (Å²) in [6, 6.07) is 11.8. The van der Waals surface area contributed by atoms with Crippen molar-refractivity contribution in [1.82, 2.24) is 0 Å². The molecule has 0 bridgehead atoms. The number of rotatable bonds is 5. The molecule has 0 aliphatic rings. The number of ether oxygens (including phenoxy) is 2.